The summed E-state index contributed by atoms with van der Waals surface area (Å²) < 4.78 is 38.4. The van der Waals surface area contributed by atoms with Crippen LogP contribution >= 0.6 is 0 Å². The summed E-state index contributed by atoms with van der Waals surface area (Å²) in [5.41, 5.74) is 2.96. The van der Waals surface area contributed by atoms with Crippen LogP contribution in [0.1, 0.15) is 18.4 Å². The highest BCUT2D eigenvalue weighted by Crippen LogP contribution is 2.31. The molecule has 0 aliphatic carbocycles. The Kier molecular flexibility index (Phi) is 4.42. The summed E-state index contributed by atoms with van der Waals surface area (Å²) in [6.07, 6.45) is -1.96. The molecule has 1 aliphatic heterocycles. The predicted molar refractivity (Wildman–Crippen MR) is 86.9 cm³/mol. The molecule has 0 spiro atoms. The van der Waals surface area contributed by atoms with E-state index in [0.29, 0.717) is 24.1 Å². The average molecular weight is 331 g/mol. The zero-order valence-electron chi connectivity index (χ0n) is 12.9. The van der Waals surface area contributed by atoms with Crippen LogP contribution in [-0.2, 0) is 4.79 Å². The van der Waals surface area contributed by atoms with Crippen LogP contribution in [0.2, 0.25) is 0 Å². The second kappa shape index (κ2) is 6.51. The molecule has 24 heavy (non-hydrogen) atoms. The van der Waals surface area contributed by atoms with Crippen molar-refractivity contribution in [1.82, 2.24) is 4.90 Å². The quantitative estimate of drug-likeness (QED) is 0.768. The molecule has 5 heteroatoms. The van der Waals surface area contributed by atoms with Crippen molar-refractivity contribution in [2.24, 2.45) is 0 Å². The Bertz CT molecular complexity index is 748. The van der Waals surface area contributed by atoms with Crippen LogP contribution in [0.25, 0.3) is 16.8 Å². The van der Waals surface area contributed by atoms with Gasteiger partial charge in [0.25, 0.3) is 0 Å². The summed E-state index contributed by atoms with van der Waals surface area (Å²) in [6.45, 7) is 0.0879. The number of alkyl halides is 3. The average Bonchev–Trinajstić information content (AvgIpc) is 2.61. The highest BCUT2D eigenvalue weighted by Gasteiger charge is 2.44. The van der Waals surface area contributed by atoms with Gasteiger partial charge in [0.2, 0.25) is 0 Å². The van der Waals surface area contributed by atoms with Crippen molar-refractivity contribution in [3.63, 3.8) is 0 Å². The first-order valence-electron chi connectivity index (χ1n) is 7.71. The maximum Gasteiger partial charge on any atom is 0.471 e. The molecule has 2 aromatic carbocycles. The summed E-state index contributed by atoms with van der Waals surface area (Å²) in [5.74, 6) is -1.81. The molecule has 3 rings (SSSR count). The number of carbonyl (C=O) groups is 1. The zero-order valence-corrected chi connectivity index (χ0v) is 12.9. The molecule has 1 aliphatic rings. The van der Waals surface area contributed by atoms with Crippen molar-refractivity contribution < 1.29 is 18.0 Å². The summed E-state index contributed by atoms with van der Waals surface area (Å²) in [4.78, 5) is 12.5. The van der Waals surface area contributed by atoms with E-state index in [4.69, 9.17) is 0 Å². The minimum Gasteiger partial charge on any atom is -0.304 e. The fraction of sp³-hybridized carbons (Fsp3) is 0.211. The number of nitrogens with zero attached hydrogens (tertiary/aromatic N) is 1. The Morgan fingerprint density at radius 1 is 0.875 bits per heavy atom. The van der Waals surface area contributed by atoms with E-state index >= 15 is 0 Å². The lowest BCUT2D eigenvalue weighted by Gasteiger charge is -2.29. The van der Waals surface area contributed by atoms with E-state index in [2.05, 4.69) is 0 Å². The van der Waals surface area contributed by atoms with Crippen molar-refractivity contribution in [3.8, 4) is 11.1 Å². The first-order chi connectivity index (χ1) is 11.5. The molecule has 0 bridgehead atoms. The van der Waals surface area contributed by atoms with Crippen LogP contribution in [0.15, 0.2) is 60.7 Å². The SMILES string of the molecule is O=C(N1CCCC=C1c1ccc(-c2ccccc2)cc1)C(F)(F)F. The molecule has 0 radical (unpaired) electrons. The molecule has 0 N–H and O–H groups in total. The number of carbonyl (C=O) groups excluding carboxylic acids is 1. The van der Waals surface area contributed by atoms with Crippen LogP contribution in [0, 0.1) is 0 Å². The topological polar surface area (TPSA) is 20.3 Å². The van der Waals surface area contributed by atoms with E-state index in [9.17, 15) is 18.0 Å². The minimum absolute atomic E-state index is 0.0879. The number of rotatable bonds is 2. The Morgan fingerprint density at radius 2 is 1.46 bits per heavy atom. The van der Waals surface area contributed by atoms with Crippen LogP contribution in [0.4, 0.5) is 13.2 Å². The molecule has 2 nitrogen and oxygen atoms in total. The number of halogens is 3. The molecule has 0 fully saturated rings. The second-order valence-electron chi connectivity index (χ2n) is 5.63. The van der Waals surface area contributed by atoms with E-state index in [-0.39, 0.29) is 6.54 Å². The van der Waals surface area contributed by atoms with E-state index < -0.39 is 12.1 Å². The number of hydrogen-bond donors (Lipinski definition) is 0. The molecule has 2 aromatic rings. The van der Waals surface area contributed by atoms with Gasteiger partial charge in [-0.05, 0) is 29.5 Å². The number of amides is 1. The lowest BCUT2D eigenvalue weighted by Crippen LogP contribution is -2.41. The van der Waals surface area contributed by atoms with Gasteiger partial charge in [0.05, 0.1) is 0 Å². The van der Waals surface area contributed by atoms with Gasteiger partial charge in [-0.2, -0.15) is 13.2 Å². The fourth-order valence-electron chi connectivity index (χ4n) is 2.82. The van der Waals surface area contributed by atoms with Crippen molar-refractivity contribution in [1.29, 1.82) is 0 Å². The Balaban J connectivity index is 1.89. The molecule has 124 valence electrons. The fourth-order valence-corrected chi connectivity index (χ4v) is 2.82. The molecular formula is C19H16F3NO. The van der Waals surface area contributed by atoms with Gasteiger partial charge >= 0.3 is 12.1 Å². The zero-order chi connectivity index (χ0) is 17.2. The van der Waals surface area contributed by atoms with E-state index in [1.54, 1.807) is 18.2 Å². The Morgan fingerprint density at radius 3 is 2.08 bits per heavy atom. The summed E-state index contributed by atoms with van der Waals surface area (Å²) in [5, 5.41) is 0. The maximum absolute atomic E-state index is 12.8. The second-order valence-corrected chi connectivity index (χ2v) is 5.63. The van der Waals surface area contributed by atoms with Crippen molar-refractivity contribution in [2.75, 3.05) is 6.54 Å². The molecule has 0 aromatic heterocycles. The summed E-state index contributed by atoms with van der Waals surface area (Å²) in [6, 6.07) is 16.9. The Labute approximate surface area is 138 Å². The van der Waals surface area contributed by atoms with Crippen molar-refractivity contribution >= 4 is 11.6 Å². The third kappa shape index (κ3) is 3.35. The number of allylic oxidation sites excluding steroid dienone is 1. The normalized spacial score (nSPS) is 15.1. The number of benzene rings is 2. The van der Waals surface area contributed by atoms with Crippen LogP contribution in [0.3, 0.4) is 0 Å². The van der Waals surface area contributed by atoms with Gasteiger partial charge in [0.15, 0.2) is 0 Å². The van der Waals surface area contributed by atoms with Gasteiger partial charge < -0.3 is 4.90 Å². The predicted octanol–water partition coefficient (Wildman–Crippen LogP) is 4.88. The lowest BCUT2D eigenvalue weighted by atomic mass is 10.0. The van der Waals surface area contributed by atoms with Crippen molar-refractivity contribution in [3.05, 3.63) is 66.2 Å². The molecule has 1 amide bonds. The molecule has 0 atom stereocenters. The van der Waals surface area contributed by atoms with Gasteiger partial charge in [0, 0.05) is 12.2 Å². The van der Waals surface area contributed by atoms with Crippen molar-refractivity contribution in [2.45, 2.75) is 19.0 Å². The van der Waals surface area contributed by atoms with Gasteiger partial charge in [-0.1, -0.05) is 60.7 Å². The van der Waals surface area contributed by atoms with E-state index in [0.717, 1.165) is 16.0 Å². The molecule has 0 saturated heterocycles. The van der Waals surface area contributed by atoms with Crippen LogP contribution in [-0.4, -0.2) is 23.5 Å². The first kappa shape index (κ1) is 16.3. The van der Waals surface area contributed by atoms with Gasteiger partial charge in [-0.15, -0.1) is 0 Å². The number of hydrogen-bond acceptors (Lipinski definition) is 1. The van der Waals surface area contributed by atoms with Crippen LogP contribution < -0.4 is 0 Å². The standard InChI is InChI=1S/C19H16F3NO/c20-19(21,22)18(24)23-13-5-4-8-17(23)16-11-9-15(10-12-16)14-6-2-1-3-7-14/h1-3,6-12H,4-5,13H2. The molecule has 0 unspecified atom stereocenters. The third-order valence-corrected chi connectivity index (χ3v) is 3.99. The first-order valence-corrected chi connectivity index (χ1v) is 7.71. The van der Waals surface area contributed by atoms with E-state index in [1.807, 2.05) is 42.5 Å². The largest absolute Gasteiger partial charge is 0.471 e. The summed E-state index contributed by atoms with van der Waals surface area (Å²) >= 11 is 0. The minimum atomic E-state index is -4.86. The molecule has 1 heterocycles. The van der Waals surface area contributed by atoms with Gasteiger partial charge in [0.1, 0.15) is 0 Å². The third-order valence-electron chi connectivity index (χ3n) is 3.99. The van der Waals surface area contributed by atoms with Gasteiger partial charge in [-0.25, -0.2) is 0 Å². The highest BCUT2D eigenvalue weighted by molar-refractivity contribution is 5.91. The Hall–Kier alpha value is -2.56. The van der Waals surface area contributed by atoms with E-state index in [1.165, 1.54) is 0 Å². The lowest BCUT2D eigenvalue weighted by molar-refractivity contribution is -0.182. The molecular weight excluding hydrogens is 315 g/mol. The molecule has 0 saturated carbocycles. The highest BCUT2D eigenvalue weighted by atomic mass is 19.4. The van der Waals surface area contributed by atoms with Gasteiger partial charge in [-0.3, -0.25) is 4.79 Å². The summed E-state index contributed by atoms with van der Waals surface area (Å²) in [7, 11) is 0. The smallest absolute Gasteiger partial charge is 0.304 e. The monoisotopic (exact) mass is 331 g/mol. The van der Waals surface area contributed by atoms with Crippen LogP contribution in [0.5, 0.6) is 0 Å². The maximum atomic E-state index is 12.8.